The van der Waals surface area contributed by atoms with Gasteiger partial charge in [-0.05, 0) is 24.9 Å². The standard InChI is InChI=1S/C16H23N3O2/c1-13(20)17-9-10-18-16(21)12-19-11-5-8-15(19)14-6-3-2-4-7-14/h2-4,6-7,15H,5,8-12H2,1H3,(H,17,20)(H,18,21). The van der Waals surface area contributed by atoms with E-state index >= 15 is 0 Å². The van der Waals surface area contributed by atoms with E-state index in [4.69, 9.17) is 0 Å². The molecule has 2 N–H and O–H groups in total. The summed E-state index contributed by atoms with van der Waals surface area (Å²) in [6, 6.07) is 10.7. The summed E-state index contributed by atoms with van der Waals surface area (Å²) in [7, 11) is 0. The van der Waals surface area contributed by atoms with Gasteiger partial charge in [0.25, 0.3) is 0 Å². The van der Waals surface area contributed by atoms with E-state index in [1.807, 2.05) is 18.2 Å². The van der Waals surface area contributed by atoms with Crippen molar-refractivity contribution >= 4 is 11.8 Å². The van der Waals surface area contributed by atoms with Gasteiger partial charge in [-0.2, -0.15) is 0 Å². The monoisotopic (exact) mass is 289 g/mol. The number of carbonyl (C=O) groups excluding carboxylic acids is 2. The quantitative estimate of drug-likeness (QED) is 0.770. The van der Waals surface area contributed by atoms with Crippen LogP contribution in [0.5, 0.6) is 0 Å². The second-order valence-corrected chi connectivity index (χ2v) is 5.37. The number of hydrogen-bond donors (Lipinski definition) is 2. The molecule has 2 rings (SSSR count). The molecule has 0 saturated carbocycles. The van der Waals surface area contributed by atoms with Crippen LogP contribution in [0.2, 0.25) is 0 Å². The molecule has 1 aliphatic heterocycles. The Bertz CT molecular complexity index is 476. The molecule has 1 aliphatic rings. The first-order chi connectivity index (χ1) is 10.2. The van der Waals surface area contributed by atoms with E-state index in [0.717, 1.165) is 19.4 Å². The smallest absolute Gasteiger partial charge is 0.234 e. The molecule has 2 amide bonds. The number of nitrogens with one attached hydrogen (secondary N) is 2. The van der Waals surface area contributed by atoms with Gasteiger partial charge < -0.3 is 10.6 Å². The molecule has 1 aromatic rings. The second-order valence-electron chi connectivity index (χ2n) is 5.37. The number of nitrogens with zero attached hydrogens (tertiary/aromatic N) is 1. The zero-order valence-electron chi connectivity index (χ0n) is 12.5. The summed E-state index contributed by atoms with van der Waals surface area (Å²) < 4.78 is 0. The average Bonchev–Trinajstić information content (AvgIpc) is 2.92. The number of carbonyl (C=O) groups is 2. The Morgan fingerprint density at radius 2 is 1.90 bits per heavy atom. The summed E-state index contributed by atoms with van der Waals surface area (Å²) in [5.74, 6) is -0.0592. The largest absolute Gasteiger partial charge is 0.355 e. The maximum absolute atomic E-state index is 12.0. The molecule has 0 spiro atoms. The topological polar surface area (TPSA) is 61.4 Å². The minimum Gasteiger partial charge on any atom is -0.355 e. The lowest BCUT2D eigenvalue weighted by Gasteiger charge is -2.24. The van der Waals surface area contributed by atoms with Gasteiger partial charge in [-0.15, -0.1) is 0 Å². The van der Waals surface area contributed by atoms with E-state index in [9.17, 15) is 9.59 Å². The molecule has 1 atom stereocenters. The van der Waals surface area contributed by atoms with Crippen molar-refractivity contribution in [1.82, 2.24) is 15.5 Å². The normalized spacial score (nSPS) is 18.4. The molecular formula is C16H23N3O2. The van der Waals surface area contributed by atoms with Crippen molar-refractivity contribution in [3.63, 3.8) is 0 Å². The predicted molar refractivity (Wildman–Crippen MR) is 81.7 cm³/mol. The Balaban J connectivity index is 1.78. The van der Waals surface area contributed by atoms with Crippen molar-refractivity contribution < 1.29 is 9.59 Å². The van der Waals surface area contributed by atoms with Gasteiger partial charge in [0, 0.05) is 26.1 Å². The van der Waals surface area contributed by atoms with E-state index in [2.05, 4.69) is 27.7 Å². The fourth-order valence-electron chi connectivity index (χ4n) is 2.75. The Morgan fingerprint density at radius 1 is 1.19 bits per heavy atom. The maximum Gasteiger partial charge on any atom is 0.234 e. The minimum atomic E-state index is -0.0760. The third-order valence-corrected chi connectivity index (χ3v) is 3.72. The van der Waals surface area contributed by atoms with Gasteiger partial charge in [0.1, 0.15) is 0 Å². The van der Waals surface area contributed by atoms with Gasteiger partial charge in [0.05, 0.1) is 6.54 Å². The van der Waals surface area contributed by atoms with Crippen molar-refractivity contribution in [1.29, 1.82) is 0 Å². The fourth-order valence-corrected chi connectivity index (χ4v) is 2.75. The number of hydrogen-bond acceptors (Lipinski definition) is 3. The molecule has 0 aliphatic carbocycles. The van der Waals surface area contributed by atoms with Gasteiger partial charge in [-0.1, -0.05) is 30.3 Å². The predicted octanol–water partition coefficient (Wildman–Crippen LogP) is 1.08. The zero-order chi connectivity index (χ0) is 15.1. The van der Waals surface area contributed by atoms with Crippen LogP contribution in [0.25, 0.3) is 0 Å². The SMILES string of the molecule is CC(=O)NCCNC(=O)CN1CCCC1c1ccccc1. The highest BCUT2D eigenvalue weighted by Gasteiger charge is 2.27. The number of benzene rings is 1. The molecular weight excluding hydrogens is 266 g/mol. The Kier molecular flexibility index (Phi) is 5.75. The Morgan fingerprint density at radius 3 is 2.62 bits per heavy atom. The van der Waals surface area contributed by atoms with Gasteiger partial charge >= 0.3 is 0 Å². The van der Waals surface area contributed by atoms with Crippen molar-refractivity contribution in [3.8, 4) is 0 Å². The molecule has 1 unspecified atom stereocenters. The third kappa shape index (κ3) is 4.86. The van der Waals surface area contributed by atoms with Crippen LogP contribution in [0.1, 0.15) is 31.4 Å². The summed E-state index contributed by atoms with van der Waals surface area (Å²) in [5.41, 5.74) is 1.28. The number of amides is 2. The van der Waals surface area contributed by atoms with Crippen molar-refractivity contribution in [2.45, 2.75) is 25.8 Å². The molecule has 1 heterocycles. The van der Waals surface area contributed by atoms with Crippen LogP contribution in [-0.2, 0) is 9.59 Å². The van der Waals surface area contributed by atoms with Crippen molar-refractivity contribution in [2.24, 2.45) is 0 Å². The molecule has 5 nitrogen and oxygen atoms in total. The van der Waals surface area contributed by atoms with Gasteiger partial charge in [0.15, 0.2) is 0 Å². The first kappa shape index (κ1) is 15.5. The molecule has 114 valence electrons. The minimum absolute atomic E-state index is 0.0168. The molecule has 1 fully saturated rings. The van der Waals surface area contributed by atoms with Gasteiger partial charge in [-0.25, -0.2) is 0 Å². The summed E-state index contributed by atoms with van der Waals surface area (Å²) in [6.07, 6.45) is 2.22. The van der Waals surface area contributed by atoms with Crippen LogP contribution in [0.15, 0.2) is 30.3 Å². The van der Waals surface area contributed by atoms with E-state index in [1.54, 1.807) is 0 Å². The highest BCUT2D eigenvalue weighted by Crippen LogP contribution is 2.31. The highest BCUT2D eigenvalue weighted by atomic mass is 16.2. The molecule has 0 aromatic heterocycles. The average molecular weight is 289 g/mol. The second kappa shape index (κ2) is 7.78. The molecule has 0 bridgehead atoms. The van der Waals surface area contributed by atoms with Crippen molar-refractivity contribution in [3.05, 3.63) is 35.9 Å². The van der Waals surface area contributed by atoms with Crippen molar-refractivity contribution in [2.75, 3.05) is 26.2 Å². The molecule has 21 heavy (non-hydrogen) atoms. The lowest BCUT2D eigenvalue weighted by atomic mass is 10.0. The maximum atomic E-state index is 12.0. The molecule has 5 heteroatoms. The zero-order valence-corrected chi connectivity index (χ0v) is 12.5. The summed E-state index contributed by atoms with van der Waals surface area (Å²) in [6.45, 7) is 3.79. The van der Waals surface area contributed by atoms with E-state index in [0.29, 0.717) is 25.7 Å². The fraction of sp³-hybridized carbons (Fsp3) is 0.500. The van der Waals surface area contributed by atoms with E-state index < -0.39 is 0 Å². The first-order valence-corrected chi connectivity index (χ1v) is 7.47. The van der Waals surface area contributed by atoms with Gasteiger partial charge in [-0.3, -0.25) is 14.5 Å². The lowest BCUT2D eigenvalue weighted by Crippen LogP contribution is -2.40. The summed E-state index contributed by atoms with van der Waals surface area (Å²) in [5, 5.41) is 5.50. The van der Waals surface area contributed by atoms with E-state index in [-0.39, 0.29) is 11.8 Å². The molecule has 1 aromatic carbocycles. The van der Waals surface area contributed by atoms with Crippen LogP contribution in [-0.4, -0.2) is 42.9 Å². The van der Waals surface area contributed by atoms with Crippen LogP contribution >= 0.6 is 0 Å². The van der Waals surface area contributed by atoms with Crippen LogP contribution in [0.4, 0.5) is 0 Å². The third-order valence-electron chi connectivity index (χ3n) is 3.72. The van der Waals surface area contributed by atoms with Crippen LogP contribution < -0.4 is 10.6 Å². The first-order valence-electron chi connectivity index (χ1n) is 7.47. The lowest BCUT2D eigenvalue weighted by molar-refractivity contribution is -0.123. The molecule has 0 radical (unpaired) electrons. The van der Waals surface area contributed by atoms with Crippen LogP contribution in [0, 0.1) is 0 Å². The Hall–Kier alpha value is -1.88. The van der Waals surface area contributed by atoms with Gasteiger partial charge in [0.2, 0.25) is 11.8 Å². The summed E-state index contributed by atoms with van der Waals surface area (Å²) >= 11 is 0. The van der Waals surface area contributed by atoms with E-state index in [1.165, 1.54) is 12.5 Å². The Labute approximate surface area is 125 Å². The summed E-state index contributed by atoms with van der Waals surface area (Å²) in [4.78, 5) is 24.9. The van der Waals surface area contributed by atoms with Crippen LogP contribution in [0.3, 0.4) is 0 Å². The number of likely N-dealkylation sites (tertiary alicyclic amines) is 1. The number of rotatable bonds is 6. The highest BCUT2D eigenvalue weighted by molar-refractivity contribution is 5.78. The molecule has 1 saturated heterocycles.